The van der Waals surface area contributed by atoms with Gasteiger partial charge in [-0.1, -0.05) is 0 Å². The van der Waals surface area contributed by atoms with Crippen LogP contribution in [0.5, 0.6) is 0 Å². The van der Waals surface area contributed by atoms with Crippen molar-refractivity contribution in [2.75, 3.05) is 17.7 Å². The van der Waals surface area contributed by atoms with Crippen molar-refractivity contribution in [1.29, 1.82) is 0 Å². The Balaban J connectivity index is 2.01. The fourth-order valence-electron chi connectivity index (χ4n) is 1.83. The van der Waals surface area contributed by atoms with Gasteiger partial charge in [-0.05, 0) is 49.6 Å². The highest BCUT2D eigenvalue weighted by atomic mass is 32.1. The highest BCUT2D eigenvalue weighted by molar-refractivity contribution is 7.10. The highest BCUT2D eigenvalue weighted by Crippen LogP contribution is 2.25. The van der Waals surface area contributed by atoms with Crippen molar-refractivity contribution in [3.8, 4) is 0 Å². The number of carbonyl (C=O) groups excluding carboxylic acids is 2. The van der Waals surface area contributed by atoms with E-state index in [0.29, 0.717) is 21.9 Å². The Morgan fingerprint density at radius 2 is 1.96 bits per heavy atom. The third kappa shape index (κ3) is 4.04. The summed E-state index contributed by atoms with van der Waals surface area (Å²) in [6.07, 6.45) is -1.00. The third-order valence-electron chi connectivity index (χ3n) is 3.06. The number of hydrogen-bond donors (Lipinski definition) is 2. The van der Waals surface area contributed by atoms with Crippen molar-refractivity contribution in [1.82, 2.24) is 4.37 Å². The number of hydrogen-bond acceptors (Lipinski definition) is 6. The van der Waals surface area contributed by atoms with E-state index in [1.807, 2.05) is 0 Å². The molecule has 8 heteroatoms. The molecule has 0 aliphatic rings. The Kier molecular flexibility index (Phi) is 5.28. The molecule has 2 N–H and O–H groups in total. The molecule has 0 bridgehead atoms. The first-order valence-electron chi connectivity index (χ1n) is 6.83. The average Bonchev–Trinajstić information content (AvgIpc) is 2.90. The van der Waals surface area contributed by atoms with Crippen molar-refractivity contribution < 1.29 is 18.7 Å². The summed E-state index contributed by atoms with van der Waals surface area (Å²) in [6.45, 7) is 3.15. The largest absolute Gasteiger partial charge is 0.449 e. The lowest BCUT2D eigenvalue weighted by Gasteiger charge is -2.14. The number of amides is 1. The summed E-state index contributed by atoms with van der Waals surface area (Å²) in [5, 5.41) is 6.00. The van der Waals surface area contributed by atoms with Gasteiger partial charge in [-0.3, -0.25) is 4.79 Å². The number of anilines is 2. The van der Waals surface area contributed by atoms with Crippen LogP contribution in [-0.2, 0) is 9.53 Å². The number of aromatic nitrogens is 1. The van der Waals surface area contributed by atoms with Crippen LogP contribution in [-0.4, -0.2) is 29.4 Å². The SMILES string of the molecule is CNc1snc(C)c1C(=O)O[C@@H](C)C(=O)Nc1ccc(F)cc1. The number of benzene rings is 1. The molecule has 2 rings (SSSR count). The lowest BCUT2D eigenvalue weighted by Crippen LogP contribution is -2.30. The van der Waals surface area contributed by atoms with Crippen LogP contribution in [0.2, 0.25) is 0 Å². The summed E-state index contributed by atoms with van der Waals surface area (Å²) >= 11 is 1.15. The Hall–Kier alpha value is -2.48. The molecule has 0 spiro atoms. The molecule has 1 heterocycles. The number of nitrogens with one attached hydrogen (secondary N) is 2. The van der Waals surface area contributed by atoms with E-state index in [-0.39, 0.29) is 0 Å². The number of nitrogens with zero attached hydrogens (tertiary/aromatic N) is 1. The van der Waals surface area contributed by atoms with Crippen molar-refractivity contribution in [2.45, 2.75) is 20.0 Å². The molecule has 0 fully saturated rings. The van der Waals surface area contributed by atoms with Gasteiger partial charge in [0.2, 0.25) is 0 Å². The molecule has 122 valence electrons. The van der Waals surface area contributed by atoms with Crippen LogP contribution in [0.4, 0.5) is 15.1 Å². The second-order valence-electron chi connectivity index (χ2n) is 4.77. The van der Waals surface area contributed by atoms with Crippen LogP contribution in [0.15, 0.2) is 24.3 Å². The van der Waals surface area contributed by atoms with E-state index in [9.17, 15) is 14.0 Å². The molecule has 0 aliphatic heterocycles. The van der Waals surface area contributed by atoms with Gasteiger partial charge in [0, 0.05) is 12.7 Å². The number of ether oxygens (including phenoxy) is 1. The van der Waals surface area contributed by atoms with E-state index in [4.69, 9.17) is 4.74 Å². The maximum atomic E-state index is 12.8. The predicted molar refractivity (Wildman–Crippen MR) is 86.3 cm³/mol. The third-order valence-corrected chi connectivity index (χ3v) is 4.01. The Labute approximate surface area is 136 Å². The van der Waals surface area contributed by atoms with Crippen molar-refractivity contribution in [3.63, 3.8) is 0 Å². The molecule has 0 aliphatic carbocycles. The van der Waals surface area contributed by atoms with E-state index in [0.717, 1.165) is 11.5 Å². The molecule has 1 aromatic heterocycles. The van der Waals surface area contributed by atoms with E-state index < -0.39 is 23.8 Å². The summed E-state index contributed by atoms with van der Waals surface area (Å²) < 4.78 is 22.1. The van der Waals surface area contributed by atoms with Gasteiger partial charge in [0.1, 0.15) is 16.4 Å². The molecule has 6 nitrogen and oxygen atoms in total. The molecule has 0 radical (unpaired) electrons. The first-order chi connectivity index (χ1) is 10.9. The molecule has 0 saturated heterocycles. The normalized spacial score (nSPS) is 11.7. The first-order valence-corrected chi connectivity index (χ1v) is 7.61. The van der Waals surface area contributed by atoms with Gasteiger partial charge in [-0.25, -0.2) is 9.18 Å². The first kappa shape index (κ1) is 16.9. The average molecular weight is 337 g/mol. The van der Waals surface area contributed by atoms with E-state index in [1.54, 1.807) is 14.0 Å². The molecule has 1 aromatic carbocycles. The highest BCUT2D eigenvalue weighted by Gasteiger charge is 2.24. The predicted octanol–water partition coefficient (Wildman–Crippen LogP) is 2.82. The van der Waals surface area contributed by atoms with Gasteiger partial charge in [0.25, 0.3) is 5.91 Å². The van der Waals surface area contributed by atoms with Crippen LogP contribution in [0.3, 0.4) is 0 Å². The van der Waals surface area contributed by atoms with Crippen molar-refractivity contribution >= 4 is 34.1 Å². The zero-order valence-corrected chi connectivity index (χ0v) is 13.7. The fraction of sp³-hybridized carbons (Fsp3) is 0.267. The summed E-state index contributed by atoms with van der Waals surface area (Å²) in [5.74, 6) is -1.53. The smallest absolute Gasteiger partial charge is 0.343 e. The Morgan fingerprint density at radius 1 is 1.30 bits per heavy atom. The molecule has 1 amide bonds. The maximum absolute atomic E-state index is 12.8. The summed E-state index contributed by atoms with van der Waals surface area (Å²) in [4.78, 5) is 24.2. The second-order valence-corrected chi connectivity index (χ2v) is 5.54. The molecular weight excluding hydrogens is 321 g/mol. The number of rotatable bonds is 5. The summed E-state index contributed by atoms with van der Waals surface area (Å²) in [6, 6.07) is 5.30. The van der Waals surface area contributed by atoms with Gasteiger partial charge in [0.15, 0.2) is 6.10 Å². The summed E-state index contributed by atoms with van der Waals surface area (Å²) in [5.41, 5.74) is 1.28. The van der Waals surface area contributed by atoms with Crippen LogP contribution in [0, 0.1) is 12.7 Å². The van der Waals surface area contributed by atoms with Gasteiger partial charge in [-0.15, -0.1) is 0 Å². The molecule has 0 saturated carbocycles. The molecule has 0 unspecified atom stereocenters. The van der Waals surface area contributed by atoms with Gasteiger partial charge in [-0.2, -0.15) is 4.37 Å². The zero-order chi connectivity index (χ0) is 17.0. The van der Waals surface area contributed by atoms with Crippen LogP contribution < -0.4 is 10.6 Å². The number of esters is 1. The van der Waals surface area contributed by atoms with E-state index in [1.165, 1.54) is 31.2 Å². The minimum atomic E-state index is -1.00. The van der Waals surface area contributed by atoms with Crippen LogP contribution >= 0.6 is 11.5 Å². The minimum Gasteiger partial charge on any atom is -0.449 e. The number of halogens is 1. The number of aryl methyl sites for hydroxylation is 1. The van der Waals surface area contributed by atoms with Gasteiger partial charge >= 0.3 is 5.97 Å². The van der Waals surface area contributed by atoms with E-state index in [2.05, 4.69) is 15.0 Å². The molecular formula is C15H16FN3O3S. The Bertz CT molecular complexity index is 715. The van der Waals surface area contributed by atoms with Crippen molar-refractivity contribution in [3.05, 3.63) is 41.3 Å². The standard InChI is InChI=1S/C15H16FN3O3S/c1-8-12(14(17-3)23-19-8)15(21)22-9(2)13(20)18-11-6-4-10(16)5-7-11/h4-7,9,17H,1-3H3,(H,18,20)/t9-/m0/s1. The van der Waals surface area contributed by atoms with E-state index >= 15 is 0 Å². The topological polar surface area (TPSA) is 80.3 Å². The monoisotopic (exact) mass is 337 g/mol. The van der Waals surface area contributed by atoms with Gasteiger partial charge < -0.3 is 15.4 Å². The minimum absolute atomic E-state index is 0.318. The van der Waals surface area contributed by atoms with Gasteiger partial charge in [0.05, 0.1) is 5.69 Å². The van der Waals surface area contributed by atoms with Crippen molar-refractivity contribution in [2.24, 2.45) is 0 Å². The molecule has 1 atom stereocenters. The fourth-order valence-corrected chi connectivity index (χ4v) is 2.56. The van der Waals surface area contributed by atoms with Crippen LogP contribution in [0.1, 0.15) is 23.0 Å². The Morgan fingerprint density at radius 3 is 2.57 bits per heavy atom. The lowest BCUT2D eigenvalue weighted by molar-refractivity contribution is -0.123. The molecule has 2 aromatic rings. The van der Waals surface area contributed by atoms with Crippen LogP contribution in [0.25, 0.3) is 0 Å². The molecule has 23 heavy (non-hydrogen) atoms. The lowest BCUT2D eigenvalue weighted by atomic mass is 10.2. The zero-order valence-electron chi connectivity index (χ0n) is 12.8. The maximum Gasteiger partial charge on any atom is 0.343 e. The second kappa shape index (κ2) is 7.19. The summed E-state index contributed by atoms with van der Waals surface area (Å²) in [7, 11) is 1.68. The number of carbonyl (C=O) groups is 2. The quantitative estimate of drug-likeness (QED) is 0.820.